The summed E-state index contributed by atoms with van der Waals surface area (Å²) in [5.74, 6) is 1.29. The smallest absolute Gasteiger partial charge is 0.243 e. The zero-order valence-corrected chi connectivity index (χ0v) is 18.0. The van der Waals surface area contributed by atoms with Gasteiger partial charge < -0.3 is 14.4 Å². The third-order valence-corrected chi connectivity index (χ3v) is 6.92. The van der Waals surface area contributed by atoms with Gasteiger partial charge in [0.15, 0.2) is 0 Å². The molecule has 1 saturated heterocycles. The van der Waals surface area contributed by atoms with E-state index < -0.39 is 10.0 Å². The van der Waals surface area contributed by atoms with Gasteiger partial charge in [0.25, 0.3) is 0 Å². The summed E-state index contributed by atoms with van der Waals surface area (Å²) < 4.78 is 38.1. The summed E-state index contributed by atoms with van der Waals surface area (Å²) in [7, 11) is 0.905. The number of carbonyl (C=O) groups is 1. The molecule has 1 aliphatic heterocycles. The van der Waals surface area contributed by atoms with E-state index in [1.807, 2.05) is 6.92 Å². The number of methoxy groups -OCH3 is 2. The van der Waals surface area contributed by atoms with Crippen molar-refractivity contribution in [2.45, 2.75) is 31.2 Å². The molecule has 0 aromatic heterocycles. The van der Waals surface area contributed by atoms with Crippen molar-refractivity contribution >= 4 is 21.6 Å². The molecule has 29 heavy (non-hydrogen) atoms. The summed E-state index contributed by atoms with van der Waals surface area (Å²) in [5.41, 5.74) is 2.23. The van der Waals surface area contributed by atoms with Crippen LogP contribution < -0.4 is 14.4 Å². The number of anilines is 1. The van der Waals surface area contributed by atoms with Gasteiger partial charge in [-0.05, 0) is 55.3 Å². The molecule has 156 valence electrons. The van der Waals surface area contributed by atoms with E-state index in [2.05, 4.69) is 0 Å². The van der Waals surface area contributed by atoms with Crippen LogP contribution >= 0.6 is 0 Å². The van der Waals surface area contributed by atoms with Crippen molar-refractivity contribution in [3.8, 4) is 11.5 Å². The number of ether oxygens (including phenoxy) is 2. The molecule has 1 amide bonds. The van der Waals surface area contributed by atoms with Gasteiger partial charge in [-0.15, -0.1) is 0 Å². The fourth-order valence-corrected chi connectivity index (χ4v) is 4.74. The van der Waals surface area contributed by atoms with E-state index in [0.717, 1.165) is 17.7 Å². The molecule has 0 N–H and O–H groups in total. The Balaban J connectivity index is 1.87. The minimum Gasteiger partial charge on any atom is -0.497 e. The van der Waals surface area contributed by atoms with Crippen LogP contribution in [-0.4, -0.2) is 46.4 Å². The standard InChI is InChI=1S/C21H26N2O5S/c1-15-12-18(8-9-19(15)23-11-5-6-21(23)24)29(25,26)22(2)14-16-13-17(27-3)7-10-20(16)28-4/h7-10,12-13H,5-6,11,14H2,1-4H3. The number of hydrogen-bond acceptors (Lipinski definition) is 5. The molecule has 1 fully saturated rings. The van der Waals surface area contributed by atoms with Gasteiger partial charge in [0.1, 0.15) is 11.5 Å². The number of hydrogen-bond donors (Lipinski definition) is 0. The first-order chi connectivity index (χ1) is 13.8. The average Bonchev–Trinajstić information content (AvgIpc) is 3.13. The molecule has 8 heteroatoms. The third kappa shape index (κ3) is 4.23. The van der Waals surface area contributed by atoms with Gasteiger partial charge in [0.2, 0.25) is 15.9 Å². The van der Waals surface area contributed by atoms with E-state index >= 15 is 0 Å². The Bertz CT molecular complexity index is 1020. The highest BCUT2D eigenvalue weighted by Gasteiger charge is 2.26. The van der Waals surface area contributed by atoms with E-state index in [4.69, 9.17) is 9.47 Å². The predicted octanol–water partition coefficient (Wildman–Crippen LogP) is 2.96. The molecule has 0 spiro atoms. The van der Waals surface area contributed by atoms with Crippen LogP contribution in [0.15, 0.2) is 41.3 Å². The normalized spacial score (nSPS) is 14.5. The predicted molar refractivity (Wildman–Crippen MR) is 111 cm³/mol. The maximum atomic E-state index is 13.1. The Hall–Kier alpha value is -2.58. The van der Waals surface area contributed by atoms with E-state index in [9.17, 15) is 13.2 Å². The topological polar surface area (TPSA) is 76.2 Å². The highest BCUT2D eigenvalue weighted by molar-refractivity contribution is 7.89. The van der Waals surface area contributed by atoms with Crippen LogP contribution in [0.25, 0.3) is 0 Å². The molecule has 0 aliphatic carbocycles. The quantitative estimate of drug-likeness (QED) is 0.691. The first-order valence-electron chi connectivity index (χ1n) is 9.36. The van der Waals surface area contributed by atoms with E-state index in [-0.39, 0.29) is 17.3 Å². The van der Waals surface area contributed by atoms with Gasteiger partial charge >= 0.3 is 0 Å². The molecule has 2 aromatic carbocycles. The van der Waals surface area contributed by atoms with Crippen molar-refractivity contribution in [2.75, 3.05) is 32.7 Å². The van der Waals surface area contributed by atoms with Crippen LogP contribution in [0.2, 0.25) is 0 Å². The number of carbonyl (C=O) groups excluding carboxylic acids is 1. The molecule has 0 saturated carbocycles. The maximum Gasteiger partial charge on any atom is 0.243 e. The largest absolute Gasteiger partial charge is 0.497 e. The summed E-state index contributed by atoms with van der Waals surface area (Å²) in [5, 5.41) is 0. The zero-order chi connectivity index (χ0) is 21.2. The van der Waals surface area contributed by atoms with Gasteiger partial charge in [-0.1, -0.05) is 0 Å². The Morgan fingerprint density at radius 2 is 1.86 bits per heavy atom. The van der Waals surface area contributed by atoms with E-state index in [0.29, 0.717) is 30.0 Å². The maximum absolute atomic E-state index is 13.1. The highest BCUT2D eigenvalue weighted by Crippen LogP contribution is 2.30. The Morgan fingerprint density at radius 3 is 2.45 bits per heavy atom. The Morgan fingerprint density at radius 1 is 1.10 bits per heavy atom. The number of aryl methyl sites for hydroxylation is 1. The van der Waals surface area contributed by atoms with Crippen molar-refractivity contribution in [3.63, 3.8) is 0 Å². The Labute approximate surface area is 171 Å². The molecule has 1 aliphatic rings. The first-order valence-corrected chi connectivity index (χ1v) is 10.8. The number of nitrogens with zero attached hydrogens (tertiary/aromatic N) is 2. The number of benzene rings is 2. The van der Waals surface area contributed by atoms with Crippen LogP contribution in [0.4, 0.5) is 5.69 Å². The highest BCUT2D eigenvalue weighted by atomic mass is 32.2. The fraction of sp³-hybridized carbons (Fsp3) is 0.381. The van der Waals surface area contributed by atoms with Gasteiger partial charge in [0, 0.05) is 37.8 Å². The van der Waals surface area contributed by atoms with Gasteiger partial charge in [-0.25, -0.2) is 8.42 Å². The summed E-state index contributed by atoms with van der Waals surface area (Å²) >= 11 is 0. The van der Waals surface area contributed by atoms with Crippen molar-refractivity contribution in [1.29, 1.82) is 0 Å². The number of rotatable bonds is 7. The van der Waals surface area contributed by atoms with E-state index in [1.54, 1.807) is 55.5 Å². The van der Waals surface area contributed by atoms with E-state index in [1.165, 1.54) is 11.4 Å². The van der Waals surface area contributed by atoms with Crippen LogP contribution in [0.5, 0.6) is 11.5 Å². The molecule has 2 aromatic rings. The van der Waals surface area contributed by atoms with Gasteiger partial charge in [-0.3, -0.25) is 4.79 Å². The average molecular weight is 419 g/mol. The lowest BCUT2D eigenvalue weighted by atomic mass is 10.2. The minimum absolute atomic E-state index is 0.0749. The van der Waals surface area contributed by atoms with Crippen LogP contribution in [0, 0.1) is 6.92 Å². The molecule has 7 nitrogen and oxygen atoms in total. The molecular weight excluding hydrogens is 392 g/mol. The molecule has 1 heterocycles. The van der Waals surface area contributed by atoms with Crippen LogP contribution in [0.1, 0.15) is 24.0 Å². The minimum atomic E-state index is -3.72. The molecular formula is C21H26N2O5S. The van der Waals surface area contributed by atoms with Crippen molar-refractivity contribution < 1.29 is 22.7 Å². The lowest BCUT2D eigenvalue weighted by Crippen LogP contribution is -2.27. The summed E-state index contributed by atoms with van der Waals surface area (Å²) in [4.78, 5) is 13.9. The second-order valence-corrected chi connectivity index (χ2v) is 9.08. The monoisotopic (exact) mass is 418 g/mol. The summed E-state index contributed by atoms with van der Waals surface area (Å²) in [6.07, 6.45) is 1.36. The SMILES string of the molecule is COc1ccc(OC)c(CN(C)S(=O)(=O)c2ccc(N3CCCC3=O)c(C)c2)c1. The number of sulfonamides is 1. The van der Waals surface area contributed by atoms with Crippen molar-refractivity contribution in [1.82, 2.24) is 4.31 Å². The summed E-state index contributed by atoms with van der Waals surface area (Å²) in [6.45, 7) is 2.63. The van der Waals surface area contributed by atoms with Crippen LogP contribution in [-0.2, 0) is 21.4 Å². The molecule has 0 radical (unpaired) electrons. The lowest BCUT2D eigenvalue weighted by molar-refractivity contribution is -0.117. The molecule has 0 atom stereocenters. The first kappa shape index (κ1) is 21.1. The summed E-state index contributed by atoms with van der Waals surface area (Å²) in [6, 6.07) is 10.2. The second-order valence-electron chi connectivity index (χ2n) is 7.04. The molecule has 0 unspecified atom stereocenters. The fourth-order valence-electron chi connectivity index (χ4n) is 3.50. The lowest BCUT2D eigenvalue weighted by Gasteiger charge is -2.22. The third-order valence-electron chi connectivity index (χ3n) is 5.12. The molecule has 0 bridgehead atoms. The van der Waals surface area contributed by atoms with Crippen LogP contribution in [0.3, 0.4) is 0 Å². The van der Waals surface area contributed by atoms with Crippen molar-refractivity contribution in [3.05, 3.63) is 47.5 Å². The molecule has 3 rings (SSSR count). The van der Waals surface area contributed by atoms with Gasteiger partial charge in [0.05, 0.1) is 19.1 Å². The second kappa shape index (κ2) is 8.42. The van der Waals surface area contributed by atoms with Gasteiger partial charge in [-0.2, -0.15) is 4.31 Å². The van der Waals surface area contributed by atoms with Crippen molar-refractivity contribution in [2.24, 2.45) is 0 Å². The number of amides is 1. The zero-order valence-electron chi connectivity index (χ0n) is 17.1. The Kier molecular flexibility index (Phi) is 6.14.